The molecule has 0 aliphatic carbocycles. The first-order valence-electron chi connectivity index (χ1n) is 3.51. The molecular weight excluding hydrogens is 162 g/mol. The Balaban J connectivity index is 4.39. The molecule has 0 aliphatic heterocycles. The third-order valence-electron chi connectivity index (χ3n) is 1.29. The molecule has 0 aliphatic rings. The van der Waals surface area contributed by atoms with E-state index in [1.54, 1.807) is 6.07 Å². The molecule has 0 N–H and O–H groups in total. The molecule has 11 heavy (non-hydrogen) atoms. The minimum Gasteiger partial charge on any atom is -0.227 e. The van der Waals surface area contributed by atoms with Gasteiger partial charge in [-0.2, -0.15) is 5.26 Å². The summed E-state index contributed by atoms with van der Waals surface area (Å²) in [6.07, 6.45) is 0. The summed E-state index contributed by atoms with van der Waals surface area (Å²) in [5, 5.41) is 7.48. The zero-order chi connectivity index (χ0) is 9.07. The van der Waals surface area contributed by atoms with Crippen molar-refractivity contribution in [1.82, 2.24) is 0 Å². The molecule has 0 amide bonds. The van der Waals surface area contributed by atoms with Crippen LogP contribution < -0.4 is 0 Å². The smallest absolute Gasteiger partial charge is 0.166 e. The van der Waals surface area contributed by atoms with Gasteiger partial charge < -0.3 is 0 Å². The lowest BCUT2D eigenvalue weighted by Gasteiger charge is -2.07. The van der Waals surface area contributed by atoms with E-state index in [4.69, 9.17) is 5.26 Å². The topological polar surface area (TPSA) is 57.9 Å². The molecule has 1 atom stereocenters. The van der Waals surface area contributed by atoms with E-state index in [0.29, 0.717) is 0 Å². The second-order valence-corrected chi connectivity index (χ2v) is 5.36. The molecule has 1 unspecified atom stereocenters. The Labute approximate surface area is 67.9 Å². The second-order valence-electron chi connectivity index (χ2n) is 2.99. The molecule has 3 nitrogen and oxygen atoms in total. The van der Waals surface area contributed by atoms with Gasteiger partial charge in [0.1, 0.15) is 5.25 Å². The third-order valence-corrected chi connectivity index (χ3v) is 3.60. The molecule has 0 bridgehead atoms. The van der Waals surface area contributed by atoms with E-state index in [0.717, 1.165) is 0 Å². The quantitative estimate of drug-likeness (QED) is 0.642. The van der Waals surface area contributed by atoms with Crippen molar-refractivity contribution in [3.63, 3.8) is 0 Å². The normalized spacial score (nSPS) is 14.5. The molecule has 0 aromatic rings. The van der Waals surface area contributed by atoms with Crippen molar-refractivity contribution in [3.8, 4) is 6.07 Å². The highest BCUT2D eigenvalue weighted by molar-refractivity contribution is 7.92. The molecular formula is C7H13NO2S. The molecule has 0 aromatic carbocycles. The minimum atomic E-state index is -3.17. The fraction of sp³-hybridized carbons (Fsp3) is 0.857. The average Bonchev–Trinajstić information content (AvgIpc) is 1.83. The summed E-state index contributed by atoms with van der Waals surface area (Å²) in [6.45, 7) is 5.06. The van der Waals surface area contributed by atoms with Crippen molar-refractivity contribution in [2.24, 2.45) is 5.92 Å². The van der Waals surface area contributed by atoms with Crippen LogP contribution in [0.25, 0.3) is 0 Å². The van der Waals surface area contributed by atoms with Gasteiger partial charge in [-0.25, -0.2) is 8.42 Å². The van der Waals surface area contributed by atoms with Gasteiger partial charge in [-0.3, -0.25) is 0 Å². The van der Waals surface area contributed by atoms with Crippen molar-refractivity contribution < 1.29 is 8.42 Å². The second kappa shape index (κ2) is 3.72. The number of rotatable bonds is 3. The summed E-state index contributed by atoms with van der Waals surface area (Å²) in [7, 11) is -3.17. The first-order chi connectivity index (χ1) is 4.90. The van der Waals surface area contributed by atoms with E-state index in [-0.39, 0.29) is 11.7 Å². The van der Waals surface area contributed by atoms with Gasteiger partial charge in [0.15, 0.2) is 9.84 Å². The Morgan fingerprint density at radius 2 is 1.82 bits per heavy atom. The van der Waals surface area contributed by atoms with Crippen molar-refractivity contribution in [1.29, 1.82) is 5.26 Å². The van der Waals surface area contributed by atoms with Crippen molar-refractivity contribution in [2.75, 3.05) is 5.75 Å². The largest absolute Gasteiger partial charge is 0.227 e. The van der Waals surface area contributed by atoms with Crippen LogP contribution in [0.2, 0.25) is 0 Å². The average molecular weight is 175 g/mol. The number of hydrogen-bond donors (Lipinski definition) is 0. The van der Waals surface area contributed by atoms with Crippen LogP contribution in [0.5, 0.6) is 0 Å². The maximum absolute atomic E-state index is 11.1. The van der Waals surface area contributed by atoms with Crippen LogP contribution in [0.1, 0.15) is 20.8 Å². The van der Waals surface area contributed by atoms with E-state index in [1.165, 1.54) is 6.92 Å². The number of hydrogen-bond acceptors (Lipinski definition) is 3. The first-order valence-corrected chi connectivity index (χ1v) is 5.23. The van der Waals surface area contributed by atoms with Crippen LogP contribution in [0.3, 0.4) is 0 Å². The van der Waals surface area contributed by atoms with Gasteiger partial charge >= 0.3 is 0 Å². The zero-order valence-corrected chi connectivity index (χ0v) is 7.85. The summed E-state index contributed by atoms with van der Waals surface area (Å²) < 4.78 is 22.3. The van der Waals surface area contributed by atoms with E-state index in [2.05, 4.69) is 0 Å². The van der Waals surface area contributed by atoms with Crippen molar-refractivity contribution in [3.05, 3.63) is 0 Å². The summed E-state index contributed by atoms with van der Waals surface area (Å²) in [6, 6.07) is 1.72. The molecule has 0 heterocycles. The van der Waals surface area contributed by atoms with Gasteiger partial charge in [-0.1, -0.05) is 13.8 Å². The highest BCUT2D eigenvalue weighted by Gasteiger charge is 2.20. The fourth-order valence-electron chi connectivity index (χ4n) is 0.689. The first kappa shape index (κ1) is 10.4. The lowest BCUT2D eigenvalue weighted by molar-refractivity contribution is 0.578. The number of nitrogens with zero attached hydrogens (tertiary/aromatic N) is 1. The molecule has 4 heteroatoms. The van der Waals surface area contributed by atoms with E-state index in [1.807, 2.05) is 13.8 Å². The van der Waals surface area contributed by atoms with Crippen molar-refractivity contribution >= 4 is 9.84 Å². The Morgan fingerprint density at radius 3 is 2.09 bits per heavy atom. The predicted molar refractivity (Wildman–Crippen MR) is 43.7 cm³/mol. The Hall–Kier alpha value is -0.560. The minimum absolute atomic E-state index is 0.0933. The van der Waals surface area contributed by atoms with Crippen LogP contribution in [0.4, 0.5) is 0 Å². The van der Waals surface area contributed by atoms with E-state index in [9.17, 15) is 8.42 Å². The maximum atomic E-state index is 11.1. The van der Waals surface area contributed by atoms with Gasteiger partial charge in [-0.05, 0) is 12.8 Å². The van der Waals surface area contributed by atoms with Crippen LogP contribution >= 0.6 is 0 Å². The molecule has 64 valence electrons. The molecule has 0 saturated carbocycles. The molecule has 0 saturated heterocycles. The van der Waals surface area contributed by atoms with E-state index >= 15 is 0 Å². The van der Waals surface area contributed by atoms with Gasteiger partial charge in [0, 0.05) is 0 Å². The van der Waals surface area contributed by atoms with Crippen LogP contribution in [-0.4, -0.2) is 19.4 Å². The summed E-state index contributed by atoms with van der Waals surface area (Å²) in [5.41, 5.74) is 0. The summed E-state index contributed by atoms with van der Waals surface area (Å²) in [5.74, 6) is 0.192. The Morgan fingerprint density at radius 1 is 1.36 bits per heavy atom. The summed E-state index contributed by atoms with van der Waals surface area (Å²) in [4.78, 5) is 0. The fourth-order valence-corrected chi connectivity index (χ4v) is 2.07. The molecule has 0 fully saturated rings. The predicted octanol–water partition coefficient (Wildman–Crippen LogP) is 0.969. The van der Waals surface area contributed by atoms with E-state index < -0.39 is 15.1 Å². The Bertz CT molecular complexity index is 248. The van der Waals surface area contributed by atoms with Crippen LogP contribution in [-0.2, 0) is 9.84 Å². The molecule has 0 radical (unpaired) electrons. The monoisotopic (exact) mass is 175 g/mol. The molecule has 0 rings (SSSR count). The van der Waals surface area contributed by atoms with Gasteiger partial charge in [-0.15, -0.1) is 0 Å². The lowest BCUT2D eigenvalue weighted by atomic mass is 10.3. The third kappa shape index (κ3) is 3.38. The van der Waals surface area contributed by atoms with Crippen LogP contribution in [0, 0.1) is 17.2 Å². The zero-order valence-electron chi connectivity index (χ0n) is 7.03. The lowest BCUT2D eigenvalue weighted by Crippen LogP contribution is -2.22. The highest BCUT2D eigenvalue weighted by atomic mass is 32.2. The van der Waals surface area contributed by atoms with Gasteiger partial charge in [0.2, 0.25) is 0 Å². The molecule has 0 spiro atoms. The number of nitriles is 1. The Kier molecular flexibility index (Phi) is 3.53. The standard InChI is InChI=1S/C7H13NO2S/c1-6(2)5-11(9,10)7(3)4-8/h6-7H,5H2,1-3H3. The van der Waals surface area contributed by atoms with Gasteiger partial charge in [0.25, 0.3) is 0 Å². The van der Waals surface area contributed by atoms with Gasteiger partial charge in [0.05, 0.1) is 11.8 Å². The summed E-state index contributed by atoms with van der Waals surface area (Å²) >= 11 is 0. The molecule has 0 aromatic heterocycles. The van der Waals surface area contributed by atoms with Crippen molar-refractivity contribution in [2.45, 2.75) is 26.0 Å². The van der Waals surface area contributed by atoms with Crippen LogP contribution in [0.15, 0.2) is 0 Å². The number of sulfone groups is 1. The SMILES string of the molecule is CC(C)CS(=O)(=O)C(C)C#N. The maximum Gasteiger partial charge on any atom is 0.166 e. The highest BCUT2D eigenvalue weighted by Crippen LogP contribution is 2.06.